The van der Waals surface area contributed by atoms with Crippen LogP contribution in [0.2, 0.25) is 0 Å². The van der Waals surface area contributed by atoms with Gasteiger partial charge in [-0.2, -0.15) is 0 Å². The minimum Gasteiger partial charge on any atom is -0.383 e. The number of sulfonamides is 1. The summed E-state index contributed by atoms with van der Waals surface area (Å²) in [4.78, 5) is 9.26. The molecule has 31 heavy (non-hydrogen) atoms. The van der Waals surface area contributed by atoms with Crippen LogP contribution in [0, 0.1) is 0 Å². The fourth-order valence-electron chi connectivity index (χ4n) is 3.51. The van der Waals surface area contributed by atoms with E-state index in [4.69, 9.17) is 4.74 Å². The lowest BCUT2D eigenvalue weighted by Gasteiger charge is -2.37. The average Bonchev–Trinajstić information content (AvgIpc) is 2.81. The molecule has 3 rings (SSSR count). The maximum Gasteiger partial charge on any atom is 0.240 e. The van der Waals surface area contributed by atoms with Crippen molar-refractivity contribution in [1.29, 1.82) is 0 Å². The number of hydrogen-bond donors (Lipinski definition) is 2. The molecular weight excluding hydrogens is 414 g/mol. The lowest BCUT2D eigenvalue weighted by Crippen LogP contribution is -2.52. The molecule has 0 unspecified atom stereocenters. The summed E-state index contributed by atoms with van der Waals surface area (Å²) in [5.74, 6) is 0.819. The van der Waals surface area contributed by atoms with Gasteiger partial charge in [-0.25, -0.2) is 13.1 Å². The maximum absolute atomic E-state index is 12.4. The topological polar surface area (TPSA) is 86.3 Å². The number of anilines is 1. The molecule has 1 aliphatic heterocycles. The molecule has 0 saturated carbocycles. The molecule has 9 heteroatoms. The molecule has 0 radical (unpaired) electrons. The smallest absolute Gasteiger partial charge is 0.240 e. The van der Waals surface area contributed by atoms with Crippen LogP contribution in [0.1, 0.15) is 5.56 Å². The highest BCUT2D eigenvalue weighted by atomic mass is 32.2. The molecule has 1 saturated heterocycles. The van der Waals surface area contributed by atoms with E-state index < -0.39 is 10.0 Å². The van der Waals surface area contributed by atoms with E-state index in [2.05, 4.69) is 49.1 Å². The van der Waals surface area contributed by atoms with Gasteiger partial charge in [-0.1, -0.05) is 30.3 Å². The number of ether oxygens (including phenoxy) is 1. The summed E-state index contributed by atoms with van der Waals surface area (Å²) in [5, 5.41) is 3.36. The van der Waals surface area contributed by atoms with E-state index in [1.54, 1.807) is 25.2 Å². The molecule has 0 aromatic heterocycles. The predicted molar refractivity (Wildman–Crippen MR) is 124 cm³/mol. The monoisotopic (exact) mass is 445 g/mol. The molecule has 0 aliphatic carbocycles. The average molecular weight is 446 g/mol. The number of nitrogens with zero attached hydrogens (tertiary/aromatic N) is 3. The molecule has 1 heterocycles. The Hall–Kier alpha value is -2.62. The van der Waals surface area contributed by atoms with E-state index in [1.807, 2.05) is 12.1 Å². The fourth-order valence-corrected chi connectivity index (χ4v) is 4.60. The summed E-state index contributed by atoms with van der Waals surface area (Å²) in [6, 6.07) is 17.3. The Labute approximate surface area is 185 Å². The SMILES string of the molecule is CN=C(NCc1cccc(S(=O)(=O)NCCOC)c1)N1CCN(c2ccccc2)CC1. The van der Waals surface area contributed by atoms with Crippen LogP contribution in [0.5, 0.6) is 0 Å². The van der Waals surface area contributed by atoms with Crippen LogP contribution in [0.25, 0.3) is 0 Å². The van der Waals surface area contributed by atoms with E-state index in [1.165, 1.54) is 12.8 Å². The third kappa shape index (κ3) is 6.43. The van der Waals surface area contributed by atoms with Crippen molar-refractivity contribution in [2.45, 2.75) is 11.4 Å². The first-order valence-electron chi connectivity index (χ1n) is 10.4. The summed E-state index contributed by atoms with van der Waals surface area (Å²) >= 11 is 0. The van der Waals surface area contributed by atoms with Gasteiger partial charge in [-0.15, -0.1) is 0 Å². The molecule has 168 valence electrons. The largest absolute Gasteiger partial charge is 0.383 e. The molecular formula is C22H31N5O3S. The Morgan fingerprint density at radius 2 is 1.81 bits per heavy atom. The number of benzene rings is 2. The van der Waals surface area contributed by atoms with Crippen molar-refractivity contribution in [3.05, 3.63) is 60.2 Å². The van der Waals surface area contributed by atoms with Gasteiger partial charge in [0.25, 0.3) is 0 Å². The summed E-state index contributed by atoms with van der Waals surface area (Å²) in [6.07, 6.45) is 0. The Balaban J connectivity index is 1.55. The van der Waals surface area contributed by atoms with Crippen LogP contribution in [0.4, 0.5) is 5.69 Å². The Kier molecular flexibility index (Phi) is 8.27. The third-order valence-electron chi connectivity index (χ3n) is 5.17. The first-order valence-corrected chi connectivity index (χ1v) is 11.8. The van der Waals surface area contributed by atoms with Crippen molar-refractivity contribution >= 4 is 21.7 Å². The molecule has 8 nitrogen and oxygen atoms in total. The van der Waals surface area contributed by atoms with E-state index in [0.29, 0.717) is 13.2 Å². The lowest BCUT2D eigenvalue weighted by atomic mass is 10.2. The quantitative estimate of drug-likeness (QED) is 0.364. The van der Waals surface area contributed by atoms with Crippen molar-refractivity contribution in [2.24, 2.45) is 4.99 Å². The summed E-state index contributed by atoms with van der Waals surface area (Å²) in [6.45, 7) is 4.64. The summed E-state index contributed by atoms with van der Waals surface area (Å²) < 4.78 is 32.3. The summed E-state index contributed by atoms with van der Waals surface area (Å²) in [5.41, 5.74) is 2.11. The molecule has 1 fully saturated rings. The zero-order chi connectivity index (χ0) is 22.1. The third-order valence-corrected chi connectivity index (χ3v) is 6.63. The maximum atomic E-state index is 12.4. The van der Waals surface area contributed by atoms with Crippen molar-refractivity contribution < 1.29 is 13.2 Å². The van der Waals surface area contributed by atoms with Gasteiger partial charge >= 0.3 is 0 Å². The lowest BCUT2D eigenvalue weighted by molar-refractivity contribution is 0.204. The van der Waals surface area contributed by atoms with Gasteiger partial charge in [0.1, 0.15) is 0 Å². The standard InChI is InChI=1S/C22H31N5O3S/c1-23-22(27-14-12-26(13-15-27)20-8-4-3-5-9-20)24-18-19-7-6-10-21(17-19)31(28,29)25-11-16-30-2/h3-10,17,25H,11-16,18H2,1-2H3,(H,23,24). The van der Waals surface area contributed by atoms with Crippen LogP contribution in [-0.2, 0) is 21.3 Å². The first kappa shape index (κ1) is 23.1. The minimum atomic E-state index is -3.56. The van der Waals surface area contributed by atoms with Crippen molar-refractivity contribution in [3.63, 3.8) is 0 Å². The fraction of sp³-hybridized carbons (Fsp3) is 0.409. The molecule has 0 spiro atoms. The Morgan fingerprint density at radius 1 is 1.06 bits per heavy atom. The number of rotatable bonds is 8. The second-order valence-electron chi connectivity index (χ2n) is 7.25. The van der Waals surface area contributed by atoms with Gasteiger partial charge < -0.3 is 19.9 Å². The highest BCUT2D eigenvalue weighted by Crippen LogP contribution is 2.16. The van der Waals surface area contributed by atoms with Gasteiger partial charge in [-0.05, 0) is 29.8 Å². The number of para-hydroxylation sites is 1. The normalized spacial score (nSPS) is 15.2. The molecule has 1 aliphatic rings. The van der Waals surface area contributed by atoms with Gasteiger partial charge in [0.05, 0.1) is 11.5 Å². The van der Waals surface area contributed by atoms with Crippen LogP contribution in [0.15, 0.2) is 64.5 Å². The highest BCUT2D eigenvalue weighted by Gasteiger charge is 2.20. The molecule has 0 amide bonds. The molecule has 2 aromatic carbocycles. The van der Waals surface area contributed by atoms with Crippen molar-refractivity contribution in [3.8, 4) is 0 Å². The predicted octanol–water partition coefficient (Wildman–Crippen LogP) is 1.51. The number of guanidine groups is 1. The van der Waals surface area contributed by atoms with Gasteiger partial charge in [0.2, 0.25) is 10.0 Å². The van der Waals surface area contributed by atoms with E-state index in [9.17, 15) is 8.42 Å². The number of nitrogens with one attached hydrogen (secondary N) is 2. The molecule has 2 N–H and O–H groups in total. The van der Waals surface area contributed by atoms with Crippen LogP contribution in [0.3, 0.4) is 0 Å². The Bertz CT molecular complexity index is 958. The number of piperazine rings is 1. The van der Waals surface area contributed by atoms with Gasteiger partial charge in [0, 0.05) is 59.1 Å². The molecule has 2 aromatic rings. The van der Waals surface area contributed by atoms with E-state index >= 15 is 0 Å². The van der Waals surface area contributed by atoms with Crippen LogP contribution in [-0.4, -0.2) is 72.8 Å². The second kappa shape index (κ2) is 11.1. The van der Waals surface area contributed by atoms with E-state index in [-0.39, 0.29) is 11.4 Å². The highest BCUT2D eigenvalue weighted by molar-refractivity contribution is 7.89. The minimum absolute atomic E-state index is 0.239. The number of hydrogen-bond acceptors (Lipinski definition) is 5. The van der Waals surface area contributed by atoms with Crippen molar-refractivity contribution in [2.75, 3.05) is 58.4 Å². The van der Waals surface area contributed by atoms with Crippen LogP contribution >= 0.6 is 0 Å². The van der Waals surface area contributed by atoms with Crippen LogP contribution < -0.4 is 14.9 Å². The van der Waals surface area contributed by atoms with Crippen molar-refractivity contribution in [1.82, 2.24) is 14.9 Å². The molecule has 0 bridgehead atoms. The Morgan fingerprint density at radius 3 is 2.48 bits per heavy atom. The van der Waals surface area contributed by atoms with Gasteiger partial charge in [0.15, 0.2) is 5.96 Å². The zero-order valence-electron chi connectivity index (χ0n) is 18.1. The second-order valence-corrected chi connectivity index (χ2v) is 9.02. The first-order chi connectivity index (χ1) is 15.0. The summed E-state index contributed by atoms with van der Waals surface area (Å²) in [7, 11) is -0.249. The molecule has 0 atom stereocenters. The van der Waals surface area contributed by atoms with E-state index in [0.717, 1.165) is 37.7 Å². The number of methoxy groups -OCH3 is 1. The van der Waals surface area contributed by atoms with Gasteiger partial charge in [-0.3, -0.25) is 4.99 Å². The number of aliphatic imine (C=N–C) groups is 1. The zero-order valence-corrected chi connectivity index (χ0v) is 18.9.